The molecule has 21 heavy (non-hydrogen) atoms. The molecule has 0 bridgehead atoms. The summed E-state index contributed by atoms with van der Waals surface area (Å²) in [7, 11) is 0. The van der Waals surface area contributed by atoms with Crippen LogP contribution >= 0.6 is 0 Å². The molecule has 1 aliphatic rings. The lowest BCUT2D eigenvalue weighted by Gasteiger charge is -2.11. The van der Waals surface area contributed by atoms with Crippen LogP contribution in [0.4, 0.5) is 4.79 Å². The number of imidazole rings is 1. The number of hydrogen-bond acceptors (Lipinski definition) is 4. The van der Waals surface area contributed by atoms with E-state index in [1.807, 2.05) is 0 Å². The zero-order chi connectivity index (χ0) is 15.1. The highest BCUT2D eigenvalue weighted by Gasteiger charge is 2.15. The monoisotopic (exact) mass is 296 g/mol. The maximum Gasteiger partial charge on any atom is 0.356 e. The van der Waals surface area contributed by atoms with Crippen LogP contribution in [0.5, 0.6) is 0 Å². The molecule has 1 unspecified atom stereocenters. The Labute approximate surface area is 122 Å². The Kier molecular flexibility index (Phi) is 5.56. The van der Waals surface area contributed by atoms with E-state index < -0.39 is 5.97 Å². The van der Waals surface area contributed by atoms with E-state index in [9.17, 15) is 9.59 Å². The summed E-state index contributed by atoms with van der Waals surface area (Å²) in [4.78, 5) is 25.9. The number of carbonyl (C=O) groups excluding carboxylic acids is 1. The third-order valence-corrected chi connectivity index (χ3v) is 3.28. The maximum atomic E-state index is 11.5. The molecule has 1 aliphatic heterocycles. The van der Waals surface area contributed by atoms with Gasteiger partial charge in [0.2, 0.25) is 0 Å². The van der Waals surface area contributed by atoms with Crippen LogP contribution in [0, 0.1) is 0 Å². The fourth-order valence-corrected chi connectivity index (χ4v) is 2.17. The van der Waals surface area contributed by atoms with Crippen molar-refractivity contribution < 1.29 is 19.4 Å². The van der Waals surface area contributed by atoms with Crippen molar-refractivity contribution in [2.75, 3.05) is 19.7 Å². The van der Waals surface area contributed by atoms with E-state index in [0.29, 0.717) is 19.6 Å². The number of aromatic nitrogens is 2. The Morgan fingerprint density at radius 1 is 1.43 bits per heavy atom. The van der Waals surface area contributed by atoms with Crippen LogP contribution in [0.1, 0.15) is 29.8 Å². The normalized spacial score (nSPS) is 17.6. The molecule has 8 nitrogen and oxygen atoms in total. The van der Waals surface area contributed by atoms with Crippen LogP contribution in [-0.4, -0.2) is 52.5 Å². The summed E-state index contributed by atoms with van der Waals surface area (Å²) in [5, 5.41) is 14.2. The molecule has 0 radical (unpaired) electrons. The van der Waals surface area contributed by atoms with Crippen molar-refractivity contribution in [1.29, 1.82) is 0 Å². The summed E-state index contributed by atoms with van der Waals surface area (Å²) in [6, 6.07) is -0.230. The van der Waals surface area contributed by atoms with Crippen LogP contribution in [0.15, 0.2) is 12.5 Å². The number of nitrogens with one attached hydrogen (secondary N) is 2. The first-order chi connectivity index (χ1) is 10.1. The van der Waals surface area contributed by atoms with Gasteiger partial charge in [-0.25, -0.2) is 14.6 Å². The van der Waals surface area contributed by atoms with Crippen LogP contribution in [0.3, 0.4) is 0 Å². The Morgan fingerprint density at radius 3 is 2.90 bits per heavy atom. The number of carboxylic acids is 1. The lowest BCUT2D eigenvalue weighted by molar-refractivity contribution is 0.0691. The van der Waals surface area contributed by atoms with Crippen LogP contribution in [-0.2, 0) is 11.3 Å². The molecule has 0 spiro atoms. The predicted octanol–water partition coefficient (Wildman–Crippen LogP) is 0.450. The van der Waals surface area contributed by atoms with Crippen LogP contribution < -0.4 is 10.6 Å². The standard InChI is InChI=1S/C13H20N4O4/c18-12(19)11-8-17(9-16-11)6-5-15-13(20)14-4-3-10-2-1-7-21-10/h8-10H,1-7H2,(H,18,19)(H2,14,15,20). The third kappa shape index (κ3) is 5.07. The fraction of sp³-hybridized carbons (Fsp3) is 0.615. The summed E-state index contributed by atoms with van der Waals surface area (Å²) < 4.78 is 7.09. The van der Waals surface area contributed by atoms with Gasteiger partial charge >= 0.3 is 12.0 Å². The minimum atomic E-state index is -1.06. The molecule has 3 N–H and O–H groups in total. The zero-order valence-electron chi connectivity index (χ0n) is 11.7. The Hall–Kier alpha value is -2.09. The number of rotatable bonds is 7. The third-order valence-electron chi connectivity index (χ3n) is 3.28. The molecule has 8 heteroatoms. The first-order valence-corrected chi connectivity index (χ1v) is 7.03. The van der Waals surface area contributed by atoms with Crippen molar-refractivity contribution in [1.82, 2.24) is 20.2 Å². The van der Waals surface area contributed by atoms with Gasteiger partial charge < -0.3 is 25.0 Å². The second-order valence-corrected chi connectivity index (χ2v) is 4.91. The number of urea groups is 1. The van der Waals surface area contributed by atoms with Gasteiger partial charge in [-0.2, -0.15) is 0 Å². The van der Waals surface area contributed by atoms with Gasteiger partial charge in [0.15, 0.2) is 5.69 Å². The lowest BCUT2D eigenvalue weighted by Crippen LogP contribution is -2.38. The highest BCUT2D eigenvalue weighted by molar-refractivity contribution is 5.84. The number of carboxylic acid groups (broad SMARTS) is 1. The quantitative estimate of drug-likeness (QED) is 0.677. The summed E-state index contributed by atoms with van der Waals surface area (Å²) in [6.07, 6.45) is 6.12. The fourth-order valence-electron chi connectivity index (χ4n) is 2.17. The minimum absolute atomic E-state index is 0.00369. The number of aromatic carboxylic acids is 1. The van der Waals surface area contributed by atoms with Crippen molar-refractivity contribution in [3.8, 4) is 0 Å². The number of nitrogens with zero attached hydrogens (tertiary/aromatic N) is 2. The van der Waals surface area contributed by atoms with E-state index in [0.717, 1.165) is 25.9 Å². The van der Waals surface area contributed by atoms with Crippen molar-refractivity contribution in [2.24, 2.45) is 0 Å². The molecule has 2 rings (SSSR count). The van der Waals surface area contributed by atoms with Gasteiger partial charge in [-0.15, -0.1) is 0 Å². The molecule has 1 aromatic heterocycles. The van der Waals surface area contributed by atoms with E-state index in [4.69, 9.17) is 9.84 Å². The zero-order valence-corrected chi connectivity index (χ0v) is 11.7. The minimum Gasteiger partial charge on any atom is -0.476 e. The van der Waals surface area contributed by atoms with Gasteiger partial charge in [0.05, 0.1) is 12.4 Å². The Balaban J connectivity index is 1.56. The van der Waals surface area contributed by atoms with E-state index in [-0.39, 0.29) is 17.8 Å². The van der Waals surface area contributed by atoms with Crippen molar-refractivity contribution in [3.63, 3.8) is 0 Å². The number of hydrogen-bond donors (Lipinski definition) is 3. The SMILES string of the molecule is O=C(NCCC1CCCO1)NCCn1cnc(C(=O)O)c1. The lowest BCUT2D eigenvalue weighted by atomic mass is 10.2. The molecule has 2 heterocycles. The van der Waals surface area contributed by atoms with Gasteiger partial charge in [-0.3, -0.25) is 0 Å². The highest BCUT2D eigenvalue weighted by atomic mass is 16.5. The summed E-state index contributed by atoms with van der Waals surface area (Å²) in [5.74, 6) is -1.06. The van der Waals surface area contributed by atoms with Crippen LogP contribution in [0.2, 0.25) is 0 Å². The second kappa shape index (κ2) is 7.63. The molecule has 1 aromatic rings. The van der Waals surface area contributed by atoms with Gasteiger partial charge in [0.25, 0.3) is 0 Å². The van der Waals surface area contributed by atoms with E-state index in [1.54, 1.807) is 4.57 Å². The molecular formula is C13H20N4O4. The maximum absolute atomic E-state index is 11.5. The molecule has 0 aromatic carbocycles. The largest absolute Gasteiger partial charge is 0.476 e. The molecule has 2 amide bonds. The van der Waals surface area contributed by atoms with Gasteiger partial charge in [0.1, 0.15) is 0 Å². The molecule has 1 fully saturated rings. The van der Waals surface area contributed by atoms with Gasteiger partial charge in [0, 0.05) is 32.4 Å². The Bertz CT molecular complexity index is 482. The average Bonchev–Trinajstić information content (AvgIpc) is 3.09. The predicted molar refractivity (Wildman–Crippen MR) is 74.2 cm³/mol. The molecule has 116 valence electrons. The number of carbonyl (C=O) groups is 2. The molecule has 0 saturated carbocycles. The topological polar surface area (TPSA) is 105 Å². The summed E-state index contributed by atoms with van der Waals surface area (Å²) in [5.41, 5.74) is -0.00369. The molecule has 1 saturated heterocycles. The second-order valence-electron chi connectivity index (χ2n) is 4.91. The van der Waals surface area contributed by atoms with E-state index in [1.165, 1.54) is 12.5 Å². The van der Waals surface area contributed by atoms with Crippen molar-refractivity contribution in [3.05, 3.63) is 18.2 Å². The first kappa shape index (κ1) is 15.3. The van der Waals surface area contributed by atoms with Crippen molar-refractivity contribution in [2.45, 2.75) is 31.9 Å². The smallest absolute Gasteiger partial charge is 0.356 e. The Morgan fingerprint density at radius 2 is 2.24 bits per heavy atom. The van der Waals surface area contributed by atoms with Gasteiger partial charge in [-0.1, -0.05) is 0 Å². The first-order valence-electron chi connectivity index (χ1n) is 7.03. The van der Waals surface area contributed by atoms with E-state index >= 15 is 0 Å². The summed E-state index contributed by atoms with van der Waals surface area (Å²) in [6.45, 7) is 2.28. The van der Waals surface area contributed by atoms with Crippen LogP contribution in [0.25, 0.3) is 0 Å². The molecular weight excluding hydrogens is 276 g/mol. The number of amides is 2. The number of ether oxygens (including phenoxy) is 1. The van der Waals surface area contributed by atoms with Crippen molar-refractivity contribution >= 4 is 12.0 Å². The van der Waals surface area contributed by atoms with E-state index in [2.05, 4.69) is 15.6 Å². The van der Waals surface area contributed by atoms with Gasteiger partial charge in [-0.05, 0) is 19.3 Å². The highest BCUT2D eigenvalue weighted by Crippen LogP contribution is 2.14. The molecule has 1 atom stereocenters. The average molecular weight is 296 g/mol. The summed E-state index contributed by atoms with van der Waals surface area (Å²) >= 11 is 0. The molecule has 0 aliphatic carbocycles.